The summed E-state index contributed by atoms with van der Waals surface area (Å²) < 4.78 is 5.42. The molecule has 1 aromatic heterocycles. The van der Waals surface area contributed by atoms with Crippen molar-refractivity contribution in [2.45, 2.75) is 25.2 Å². The van der Waals surface area contributed by atoms with E-state index in [9.17, 15) is 10.5 Å². The summed E-state index contributed by atoms with van der Waals surface area (Å²) in [7, 11) is 0. The maximum atomic E-state index is 9.32. The topological polar surface area (TPSA) is 86.7 Å². The standard InChI is InChI=1S/C15H13N3O/c16-7-12-10(9-3-4-9)6-11(13(8-17)15(12)18)14-2-1-5-19-14/h1-2,5,9,11H,3-4,6,18H2. The third kappa shape index (κ3) is 1.82. The Balaban J connectivity index is 2.11. The quantitative estimate of drug-likeness (QED) is 0.875. The van der Waals surface area contributed by atoms with Gasteiger partial charge in [0.15, 0.2) is 0 Å². The van der Waals surface area contributed by atoms with Crippen LogP contribution < -0.4 is 5.73 Å². The fourth-order valence-corrected chi connectivity index (χ4v) is 2.72. The highest BCUT2D eigenvalue weighted by Crippen LogP contribution is 2.48. The number of nitriles is 2. The largest absolute Gasteiger partial charge is 0.469 e. The van der Waals surface area contributed by atoms with Crippen LogP contribution in [0.3, 0.4) is 0 Å². The second-order valence-corrected chi connectivity index (χ2v) is 5.00. The van der Waals surface area contributed by atoms with Gasteiger partial charge in [-0.15, -0.1) is 0 Å². The summed E-state index contributed by atoms with van der Waals surface area (Å²) in [6.07, 6.45) is 4.49. The predicted octanol–water partition coefficient (Wildman–Crippen LogP) is 2.73. The second-order valence-electron chi connectivity index (χ2n) is 5.00. The third-order valence-electron chi connectivity index (χ3n) is 3.84. The van der Waals surface area contributed by atoms with Crippen LogP contribution in [-0.4, -0.2) is 0 Å². The average Bonchev–Trinajstić information content (AvgIpc) is 3.12. The van der Waals surface area contributed by atoms with Gasteiger partial charge in [0.25, 0.3) is 0 Å². The molecular formula is C15H13N3O. The molecule has 0 aliphatic heterocycles. The Bertz CT molecular complexity index is 649. The molecule has 0 spiro atoms. The maximum Gasteiger partial charge on any atom is 0.112 e. The molecule has 1 fully saturated rings. The van der Waals surface area contributed by atoms with E-state index >= 15 is 0 Å². The molecule has 0 radical (unpaired) electrons. The Morgan fingerprint density at radius 2 is 2.05 bits per heavy atom. The summed E-state index contributed by atoms with van der Waals surface area (Å²) in [5, 5.41) is 18.6. The molecule has 0 aromatic carbocycles. The molecule has 4 heteroatoms. The van der Waals surface area contributed by atoms with Gasteiger partial charge in [-0.2, -0.15) is 10.5 Å². The smallest absolute Gasteiger partial charge is 0.112 e. The van der Waals surface area contributed by atoms with Crippen molar-refractivity contribution in [3.05, 3.63) is 46.6 Å². The molecule has 94 valence electrons. The van der Waals surface area contributed by atoms with Crippen LogP contribution in [0.2, 0.25) is 0 Å². The SMILES string of the molecule is N#CC1=C(C2CC2)CC(c2ccco2)C(C#N)=C1N. The van der Waals surface area contributed by atoms with Gasteiger partial charge in [0.2, 0.25) is 0 Å². The van der Waals surface area contributed by atoms with Gasteiger partial charge in [0.05, 0.1) is 35.1 Å². The predicted molar refractivity (Wildman–Crippen MR) is 68.3 cm³/mol. The molecule has 2 N–H and O–H groups in total. The van der Waals surface area contributed by atoms with Crippen molar-refractivity contribution in [1.82, 2.24) is 0 Å². The fourth-order valence-electron chi connectivity index (χ4n) is 2.72. The van der Waals surface area contributed by atoms with Crippen molar-refractivity contribution >= 4 is 0 Å². The minimum Gasteiger partial charge on any atom is -0.469 e. The van der Waals surface area contributed by atoms with E-state index in [1.165, 1.54) is 0 Å². The van der Waals surface area contributed by atoms with Gasteiger partial charge in [-0.1, -0.05) is 0 Å². The first-order chi connectivity index (χ1) is 9.26. The van der Waals surface area contributed by atoms with Crippen LogP contribution in [0.5, 0.6) is 0 Å². The van der Waals surface area contributed by atoms with Crippen molar-refractivity contribution in [3.63, 3.8) is 0 Å². The lowest BCUT2D eigenvalue weighted by Gasteiger charge is -2.24. The molecule has 0 bridgehead atoms. The summed E-state index contributed by atoms with van der Waals surface area (Å²) >= 11 is 0. The van der Waals surface area contributed by atoms with Crippen molar-refractivity contribution in [1.29, 1.82) is 10.5 Å². The van der Waals surface area contributed by atoms with Gasteiger partial charge in [0, 0.05) is 0 Å². The molecule has 1 unspecified atom stereocenters. The molecule has 2 aliphatic carbocycles. The molecule has 1 heterocycles. The molecule has 0 saturated heterocycles. The average molecular weight is 251 g/mol. The highest BCUT2D eigenvalue weighted by atomic mass is 16.3. The van der Waals surface area contributed by atoms with E-state index in [1.54, 1.807) is 12.3 Å². The van der Waals surface area contributed by atoms with Crippen molar-refractivity contribution in [3.8, 4) is 12.1 Å². The van der Waals surface area contributed by atoms with Gasteiger partial charge < -0.3 is 10.2 Å². The number of rotatable bonds is 2. The van der Waals surface area contributed by atoms with E-state index in [-0.39, 0.29) is 5.92 Å². The fraction of sp³-hybridized carbons (Fsp3) is 0.333. The lowest BCUT2D eigenvalue weighted by Crippen LogP contribution is -2.18. The van der Waals surface area contributed by atoms with E-state index < -0.39 is 0 Å². The van der Waals surface area contributed by atoms with Gasteiger partial charge >= 0.3 is 0 Å². The number of furan rings is 1. The minimum atomic E-state index is -0.146. The van der Waals surface area contributed by atoms with Crippen LogP contribution >= 0.6 is 0 Å². The summed E-state index contributed by atoms with van der Waals surface area (Å²) in [6.45, 7) is 0. The van der Waals surface area contributed by atoms with Crippen LogP contribution in [0.1, 0.15) is 30.9 Å². The molecule has 1 saturated carbocycles. The van der Waals surface area contributed by atoms with Gasteiger partial charge in [-0.25, -0.2) is 0 Å². The summed E-state index contributed by atoms with van der Waals surface area (Å²) in [6, 6.07) is 7.98. The summed E-state index contributed by atoms with van der Waals surface area (Å²) in [5.41, 5.74) is 8.43. The lowest BCUT2D eigenvalue weighted by molar-refractivity contribution is 0.477. The molecule has 3 rings (SSSR count). The number of nitrogens with zero attached hydrogens (tertiary/aromatic N) is 2. The lowest BCUT2D eigenvalue weighted by atomic mass is 9.79. The van der Waals surface area contributed by atoms with Crippen LogP contribution in [0, 0.1) is 28.6 Å². The van der Waals surface area contributed by atoms with E-state index in [2.05, 4.69) is 12.1 Å². The first-order valence-electron chi connectivity index (χ1n) is 6.33. The Kier molecular flexibility index (Phi) is 2.65. The van der Waals surface area contributed by atoms with Crippen molar-refractivity contribution in [2.75, 3.05) is 0 Å². The van der Waals surface area contributed by atoms with E-state index in [4.69, 9.17) is 10.2 Å². The summed E-state index contributed by atoms with van der Waals surface area (Å²) in [4.78, 5) is 0. The van der Waals surface area contributed by atoms with Gasteiger partial charge in [-0.05, 0) is 42.9 Å². The first kappa shape index (κ1) is 11.6. The van der Waals surface area contributed by atoms with Crippen LogP contribution in [0.15, 0.2) is 45.2 Å². The van der Waals surface area contributed by atoms with Gasteiger partial charge in [-0.3, -0.25) is 0 Å². The van der Waals surface area contributed by atoms with Crippen molar-refractivity contribution in [2.24, 2.45) is 11.7 Å². The highest BCUT2D eigenvalue weighted by Gasteiger charge is 2.37. The molecule has 1 aromatic rings. The van der Waals surface area contributed by atoms with Crippen LogP contribution in [0.25, 0.3) is 0 Å². The Labute approximate surface area is 111 Å². The summed E-state index contributed by atoms with van der Waals surface area (Å²) in [5.74, 6) is 1.06. The molecule has 4 nitrogen and oxygen atoms in total. The van der Waals surface area contributed by atoms with E-state index in [1.807, 2.05) is 6.07 Å². The molecule has 1 atom stereocenters. The van der Waals surface area contributed by atoms with E-state index in [0.717, 1.165) is 24.2 Å². The van der Waals surface area contributed by atoms with Gasteiger partial charge in [0.1, 0.15) is 11.8 Å². The second kappa shape index (κ2) is 4.33. The highest BCUT2D eigenvalue weighted by molar-refractivity contribution is 5.57. The number of allylic oxidation sites excluding steroid dienone is 3. The number of nitrogens with two attached hydrogens (primary N) is 1. The third-order valence-corrected chi connectivity index (χ3v) is 3.84. The van der Waals surface area contributed by atoms with Crippen molar-refractivity contribution < 1.29 is 4.42 Å². The minimum absolute atomic E-state index is 0.146. The molecular weight excluding hydrogens is 238 g/mol. The first-order valence-corrected chi connectivity index (χ1v) is 6.33. The Hall–Kier alpha value is -2.46. The Morgan fingerprint density at radius 3 is 2.58 bits per heavy atom. The zero-order chi connectivity index (χ0) is 13.4. The zero-order valence-corrected chi connectivity index (χ0v) is 10.4. The van der Waals surface area contributed by atoms with E-state index in [0.29, 0.717) is 29.2 Å². The number of hydrogen-bond donors (Lipinski definition) is 1. The zero-order valence-electron chi connectivity index (χ0n) is 10.4. The maximum absolute atomic E-state index is 9.32. The Morgan fingerprint density at radius 1 is 1.26 bits per heavy atom. The molecule has 2 aliphatic rings. The monoisotopic (exact) mass is 251 g/mol. The van der Waals surface area contributed by atoms with Crippen LogP contribution in [-0.2, 0) is 0 Å². The van der Waals surface area contributed by atoms with Crippen LogP contribution in [0.4, 0.5) is 0 Å². The normalized spacial score (nSPS) is 23.2. The molecule has 19 heavy (non-hydrogen) atoms. The number of hydrogen-bond acceptors (Lipinski definition) is 4. The molecule has 0 amide bonds.